The highest BCUT2D eigenvalue weighted by Crippen LogP contribution is 2.26. The lowest BCUT2D eigenvalue weighted by atomic mass is 10.0. The topological polar surface area (TPSA) is 55.1 Å². The molecule has 0 bridgehead atoms. The van der Waals surface area contributed by atoms with Crippen molar-refractivity contribution in [1.29, 1.82) is 0 Å². The summed E-state index contributed by atoms with van der Waals surface area (Å²) in [5, 5.41) is 3.71. The largest absolute Gasteiger partial charge is 0.349 e. The summed E-state index contributed by atoms with van der Waals surface area (Å²) in [6.45, 7) is 1.95. The normalized spacial score (nSPS) is 24.8. The maximum absolute atomic E-state index is 12.1. The number of rotatable bonds is 3. The Bertz CT molecular complexity index is 436. The van der Waals surface area contributed by atoms with Crippen molar-refractivity contribution in [2.24, 2.45) is 11.7 Å². The molecule has 0 aromatic heterocycles. The number of nitrogens with two attached hydrogens (primary N) is 1. The molecule has 1 saturated carbocycles. The molecule has 3 atom stereocenters. The minimum absolute atomic E-state index is 0.0601. The first kappa shape index (κ1) is 13.4. The Balaban J connectivity index is 1.97. The Morgan fingerprint density at radius 2 is 2.17 bits per heavy atom. The molecule has 2 rings (SSSR count). The van der Waals surface area contributed by atoms with Crippen molar-refractivity contribution in [3.8, 4) is 0 Å². The fourth-order valence-electron chi connectivity index (χ4n) is 2.49. The van der Waals surface area contributed by atoms with Gasteiger partial charge in [0.15, 0.2) is 0 Å². The molecule has 2 unspecified atom stereocenters. The number of nitrogens with one attached hydrogen (secondary N) is 1. The van der Waals surface area contributed by atoms with Crippen molar-refractivity contribution < 1.29 is 4.79 Å². The smallest absolute Gasteiger partial charge is 0.223 e. The Morgan fingerprint density at radius 1 is 1.44 bits per heavy atom. The van der Waals surface area contributed by atoms with E-state index in [2.05, 4.69) is 5.32 Å². The summed E-state index contributed by atoms with van der Waals surface area (Å²) in [7, 11) is 0. The second-order valence-corrected chi connectivity index (χ2v) is 5.43. The summed E-state index contributed by atoms with van der Waals surface area (Å²) in [5.41, 5.74) is 6.78. The van der Waals surface area contributed by atoms with Gasteiger partial charge in [-0.1, -0.05) is 29.8 Å². The van der Waals surface area contributed by atoms with Crippen LogP contribution in [0.1, 0.15) is 37.8 Å². The lowest BCUT2D eigenvalue weighted by Crippen LogP contribution is -2.32. The molecule has 18 heavy (non-hydrogen) atoms. The van der Waals surface area contributed by atoms with Gasteiger partial charge in [0.05, 0.1) is 6.04 Å². The van der Waals surface area contributed by atoms with E-state index in [1.165, 1.54) is 0 Å². The molecule has 1 aromatic rings. The predicted octanol–water partition coefficient (Wildman–Crippen LogP) is 2.64. The third-order valence-corrected chi connectivity index (χ3v) is 3.92. The first-order chi connectivity index (χ1) is 8.58. The van der Waals surface area contributed by atoms with Gasteiger partial charge in [-0.2, -0.15) is 0 Å². The third kappa shape index (κ3) is 3.03. The minimum atomic E-state index is -0.0666. The zero-order valence-electron chi connectivity index (χ0n) is 10.5. The van der Waals surface area contributed by atoms with Crippen LogP contribution in [0, 0.1) is 5.92 Å². The van der Waals surface area contributed by atoms with Crippen LogP contribution >= 0.6 is 11.6 Å². The van der Waals surface area contributed by atoms with Gasteiger partial charge in [0.1, 0.15) is 0 Å². The molecule has 1 aliphatic carbocycles. The van der Waals surface area contributed by atoms with Gasteiger partial charge < -0.3 is 11.1 Å². The molecule has 98 valence electrons. The number of benzene rings is 1. The average molecular weight is 267 g/mol. The molecule has 0 spiro atoms. The minimum Gasteiger partial charge on any atom is -0.349 e. The van der Waals surface area contributed by atoms with Crippen LogP contribution < -0.4 is 11.1 Å². The van der Waals surface area contributed by atoms with E-state index >= 15 is 0 Å². The molecule has 3 nitrogen and oxygen atoms in total. The maximum Gasteiger partial charge on any atom is 0.223 e. The Labute approximate surface area is 113 Å². The lowest BCUT2D eigenvalue weighted by molar-refractivity contribution is -0.125. The zero-order valence-corrected chi connectivity index (χ0v) is 11.3. The van der Waals surface area contributed by atoms with Crippen LogP contribution in [-0.4, -0.2) is 11.9 Å². The molecule has 1 fully saturated rings. The second kappa shape index (κ2) is 5.72. The summed E-state index contributed by atoms with van der Waals surface area (Å²) in [5.74, 6) is 0.153. The van der Waals surface area contributed by atoms with Crippen LogP contribution in [0.5, 0.6) is 0 Å². The van der Waals surface area contributed by atoms with Gasteiger partial charge in [0.2, 0.25) is 5.91 Å². The second-order valence-electron chi connectivity index (χ2n) is 5.02. The van der Waals surface area contributed by atoms with Crippen molar-refractivity contribution in [3.05, 3.63) is 34.9 Å². The summed E-state index contributed by atoms with van der Waals surface area (Å²) < 4.78 is 0. The zero-order chi connectivity index (χ0) is 13.1. The number of carbonyl (C=O) groups is 1. The lowest BCUT2D eigenvalue weighted by Gasteiger charge is -2.18. The average Bonchev–Trinajstić information content (AvgIpc) is 2.76. The van der Waals surface area contributed by atoms with E-state index in [0.717, 1.165) is 24.8 Å². The van der Waals surface area contributed by atoms with Crippen LogP contribution in [0.2, 0.25) is 5.02 Å². The molecule has 1 amide bonds. The van der Waals surface area contributed by atoms with E-state index in [9.17, 15) is 4.79 Å². The van der Waals surface area contributed by atoms with Crippen molar-refractivity contribution in [2.75, 3.05) is 0 Å². The van der Waals surface area contributed by atoms with E-state index in [1.54, 1.807) is 0 Å². The van der Waals surface area contributed by atoms with Gasteiger partial charge in [-0.3, -0.25) is 4.79 Å². The molecule has 3 N–H and O–H groups in total. The van der Waals surface area contributed by atoms with Gasteiger partial charge in [0, 0.05) is 17.0 Å². The molecule has 0 radical (unpaired) electrons. The monoisotopic (exact) mass is 266 g/mol. The standard InChI is InChI=1S/C14H19ClN2O/c1-9(12-4-2-3-5-13(12)15)17-14(18)10-6-7-11(16)8-10/h2-5,9-11H,6-8,16H2,1H3,(H,17,18)/t9-,10?,11?/m1/s1. The highest BCUT2D eigenvalue weighted by molar-refractivity contribution is 6.31. The van der Waals surface area contributed by atoms with Gasteiger partial charge in [-0.15, -0.1) is 0 Å². The van der Waals surface area contributed by atoms with E-state index < -0.39 is 0 Å². The molecule has 0 heterocycles. The van der Waals surface area contributed by atoms with Gasteiger partial charge in [-0.05, 0) is 37.8 Å². The third-order valence-electron chi connectivity index (χ3n) is 3.57. The van der Waals surface area contributed by atoms with Gasteiger partial charge >= 0.3 is 0 Å². The fourth-order valence-corrected chi connectivity index (χ4v) is 2.79. The van der Waals surface area contributed by atoms with Crippen molar-refractivity contribution >= 4 is 17.5 Å². The Hall–Kier alpha value is -1.06. The molecule has 0 saturated heterocycles. The molecule has 4 heteroatoms. The maximum atomic E-state index is 12.1. The van der Waals surface area contributed by atoms with E-state index in [4.69, 9.17) is 17.3 Å². The Kier molecular flexibility index (Phi) is 4.25. The van der Waals surface area contributed by atoms with Crippen molar-refractivity contribution in [3.63, 3.8) is 0 Å². The first-order valence-electron chi connectivity index (χ1n) is 6.38. The van der Waals surface area contributed by atoms with E-state index in [1.807, 2.05) is 31.2 Å². The van der Waals surface area contributed by atoms with Crippen molar-refractivity contribution in [2.45, 2.75) is 38.3 Å². The summed E-state index contributed by atoms with van der Waals surface area (Å²) in [6, 6.07) is 7.70. The van der Waals surface area contributed by atoms with Crippen LogP contribution in [0.4, 0.5) is 0 Å². The molecular weight excluding hydrogens is 248 g/mol. The predicted molar refractivity (Wildman–Crippen MR) is 73.3 cm³/mol. The summed E-state index contributed by atoms with van der Waals surface area (Å²) >= 11 is 6.11. The molecule has 0 aliphatic heterocycles. The van der Waals surface area contributed by atoms with Crippen LogP contribution in [0.15, 0.2) is 24.3 Å². The number of amides is 1. The van der Waals surface area contributed by atoms with E-state index in [-0.39, 0.29) is 23.9 Å². The SMILES string of the molecule is C[C@@H](NC(=O)C1CCC(N)C1)c1ccccc1Cl. The van der Waals surface area contributed by atoms with E-state index in [0.29, 0.717) is 5.02 Å². The van der Waals surface area contributed by atoms with Crippen LogP contribution in [0.3, 0.4) is 0 Å². The first-order valence-corrected chi connectivity index (χ1v) is 6.76. The molecule has 1 aromatic carbocycles. The summed E-state index contributed by atoms with van der Waals surface area (Å²) in [6.07, 6.45) is 2.63. The Morgan fingerprint density at radius 3 is 2.78 bits per heavy atom. The summed E-state index contributed by atoms with van der Waals surface area (Å²) in [4.78, 5) is 12.1. The number of carbonyl (C=O) groups excluding carboxylic acids is 1. The highest BCUT2D eigenvalue weighted by Gasteiger charge is 2.28. The fraction of sp³-hybridized carbons (Fsp3) is 0.500. The number of halogens is 1. The quantitative estimate of drug-likeness (QED) is 0.884. The van der Waals surface area contributed by atoms with Crippen molar-refractivity contribution in [1.82, 2.24) is 5.32 Å². The van der Waals surface area contributed by atoms with Crippen LogP contribution in [-0.2, 0) is 4.79 Å². The van der Waals surface area contributed by atoms with Crippen LogP contribution in [0.25, 0.3) is 0 Å². The molecular formula is C14H19ClN2O. The number of hydrogen-bond donors (Lipinski definition) is 2. The highest BCUT2D eigenvalue weighted by atomic mass is 35.5. The van der Waals surface area contributed by atoms with Gasteiger partial charge in [-0.25, -0.2) is 0 Å². The number of hydrogen-bond acceptors (Lipinski definition) is 2. The molecule has 1 aliphatic rings. The van der Waals surface area contributed by atoms with Gasteiger partial charge in [0.25, 0.3) is 0 Å².